The average Bonchev–Trinajstić information content (AvgIpc) is 3.10. The summed E-state index contributed by atoms with van der Waals surface area (Å²) in [5.74, 6) is -0.136. The van der Waals surface area contributed by atoms with Gasteiger partial charge in [-0.1, -0.05) is 0 Å². The van der Waals surface area contributed by atoms with Crippen molar-refractivity contribution in [1.82, 2.24) is 20.1 Å². The number of carbonyl (C=O) groups is 1. The largest absolute Gasteiger partial charge is 0.393 e. The molecule has 0 aromatic carbocycles. The molecular weight excluding hydrogens is 288 g/mol. The monoisotopic (exact) mass is 306 g/mol. The zero-order valence-corrected chi connectivity index (χ0v) is 12.6. The summed E-state index contributed by atoms with van der Waals surface area (Å²) in [7, 11) is 1.85. The smallest absolute Gasteiger partial charge is 0.270 e. The van der Waals surface area contributed by atoms with E-state index in [0.29, 0.717) is 5.69 Å². The summed E-state index contributed by atoms with van der Waals surface area (Å²) < 4.78 is 1.71. The number of rotatable bonds is 3. The zero-order valence-electron chi connectivity index (χ0n) is 11.8. The van der Waals surface area contributed by atoms with Gasteiger partial charge in [-0.05, 0) is 25.7 Å². The summed E-state index contributed by atoms with van der Waals surface area (Å²) in [5.41, 5.74) is 1.37. The Bertz CT molecular complexity index is 628. The maximum Gasteiger partial charge on any atom is 0.270 e. The number of hydrogen-bond acceptors (Lipinski definition) is 5. The van der Waals surface area contributed by atoms with Crippen LogP contribution in [-0.4, -0.2) is 37.9 Å². The van der Waals surface area contributed by atoms with Gasteiger partial charge in [0.05, 0.1) is 12.3 Å². The van der Waals surface area contributed by atoms with Gasteiger partial charge in [0, 0.05) is 30.2 Å². The number of aliphatic hydroxyl groups excluding tert-OH is 1. The number of nitrogens with one attached hydrogen (secondary N) is 1. The third-order valence-electron chi connectivity index (χ3n) is 3.72. The molecule has 2 heterocycles. The minimum absolute atomic E-state index is 0.136. The van der Waals surface area contributed by atoms with E-state index in [1.54, 1.807) is 16.3 Å². The SMILES string of the molecule is Cn1cc(-c2nc(C(=O)NC3CCC(O)CC3)cs2)cn1. The van der Waals surface area contributed by atoms with Gasteiger partial charge in [0.2, 0.25) is 0 Å². The molecule has 0 atom stereocenters. The van der Waals surface area contributed by atoms with Crippen molar-refractivity contribution >= 4 is 17.2 Å². The molecule has 6 nitrogen and oxygen atoms in total. The maximum atomic E-state index is 12.2. The Balaban J connectivity index is 1.64. The van der Waals surface area contributed by atoms with E-state index in [2.05, 4.69) is 15.4 Å². The molecule has 0 aliphatic heterocycles. The van der Waals surface area contributed by atoms with Crippen LogP contribution in [0.3, 0.4) is 0 Å². The lowest BCUT2D eigenvalue weighted by Crippen LogP contribution is -2.38. The van der Waals surface area contributed by atoms with Gasteiger partial charge in [-0.3, -0.25) is 9.48 Å². The third kappa shape index (κ3) is 3.30. The number of nitrogens with zero attached hydrogens (tertiary/aromatic N) is 3. The normalized spacial score (nSPS) is 22.2. The van der Waals surface area contributed by atoms with Gasteiger partial charge in [0.15, 0.2) is 0 Å². The van der Waals surface area contributed by atoms with E-state index < -0.39 is 0 Å². The standard InChI is InChI=1S/C14H18N4O2S/c1-18-7-9(6-15-18)14-17-12(8-21-14)13(20)16-10-2-4-11(19)5-3-10/h6-8,10-11,19H,2-5H2,1H3,(H,16,20). The fourth-order valence-corrected chi connectivity index (χ4v) is 3.30. The highest BCUT2D eigenvalue weighted by atomic mass is 32.1. The van der Waals surface area contributed by atoms with E-state index in [0.717, 1.165) is 36.3 Å². The Morgan fingerprint density at radius 1 is 1.43 bits per heavy atom. The van der Waals surface area contributed by atoms with E-state index in [9.17, 15) is 9.90 Å². The molecule has 0 bridgehead atoms. The minimum Gasteiger partial charge on any atom is -0.393 e. The van der Waals surface area contributed by atoms with Crippen LogP contribution >= 0.6 is 11.3 Å². The van der Waals surface area contributed by atoms with Gasteiger partial charge in [0.25, 0.3) is 5.91 Å². The van der Waals surface area contributed by atoms with Crippen molar-refractivity contribution in [3.8, 4) is 10.6 Å². The predicted octanol–water partition coefficient (Wildman–Crippen LogP) is 1.58. The molecule has 3 rings (SSSR count). The number of aromatic nitrogens is 3. The van der Waals surface area contributed by atoms with E-state index in [1.165, 1.54) is 11.3 Å². The van der Waals surface area contributed by atoms with Gasteiger partial charge in [-0.25, -0.2) is 4.98 Å². The molecule has 1 fully saturated rings. The Labute approximate surface area is 126 Å². The van der Waals surface area contributed by atoms with Gasteiger partial charge in [-0.2, -0.15) is 5.10 Å². The Morgan fingerprint density at radius 3 is 2.86 bits per heavy atom. The number of aryl methyl sites for hydroxylation is 1. The third-order valence-corrected chi connectivity index (χ3v) is 4.61. The number of hydrogen-bond donors (Lipinski definition) is 2. The van der Waals surface area contributed by atoms with Crippen LogP contribution in [0.4, 0.5) is 0 Å². The zero-order chi connectivity index (χ0) is 14.8. The van der Waals surface area contributed by atoms with Crippen molar-refractivity contribution in [2.45, 2.75) is 37.8 Å². The number of aliphatic hydroxyl groups is 1. The van der Waals surface area contributed by atoms with Crippen molar-refractivity contribution in [2.24, 2.45) is 7.05 Å². The highest BCUT2D eigenvalue weighted by Crippen LogP contribution is 2.23. The van der Waals surface area contributed by atoms with Crippen LogP contribution in [0.15, 0.2) is 17.8 Å². The predicted molar refractivity (Wildman–Crippen MR) is 80.0 cm³/mol. The lowest BCUT2D eigenvalue weighted by atomic mass is 9.93. The van der Waals surface area contributed by atoms with E-state index >= 15 is 0 Å². The summed E-state index contributed by atoms with van der Waals surface area (Å²) in [6.07, 6.45) is 6.56. The van der Waals surface area contributed by atoms with E-state index in [4.69, 9.17) is 0 Å². The summed E-state index contributed by atoms with van der Waals surface area (Å²) in [4.78, 5) is 16.6. The average molecular weight is 306 g/mol. The van der Waals surface area contributed by atoms with E-state index in [1.807, 2.05) is 13.2 Å². The molecule has 2 aromatic heterocycles. The maximum absolute atomic E-state index is 12.2. The van der Waals surface area contributed by atoms with Crippen LogP contribution in [0.5, 0.6) is 0 Å². The first-order valence-corrected chi connectivity index (χ1v) is 7.93. The molecule has 2 aromatic rings. The first-order chi connectivity index (χ1) is 10.1. The highest BCUT2D eigenvalue weighted by Gasteiger charge is 2.22. The molecule has 0 radical (unpaired) electrons. The number of carbonyl (C=O) groups excluding carboxylic acids is 1. The fraction of sp³-hybridized carbons (Fsp3) is 0.500. The summed E-state index contributed by atoms with van der Waals surface area (Å²) in [6.45, 7) is 0. The van der Waals surface area contributed by atoms with Crippen LogP contribution in [0.25, 0.3) is 10.6 Å². The molecule has 0 saturated heterocycles. The lowest BCUT2D eigenvalue weighted by Gasteiger charge is -2.25. The van der Waals surface area contributed by atoms with Crippen molar-refractivity contribution in [2.75, 3.05) is 0 Å². The fourth-order valence-electron chi connectivity index (χ4n) is 2.52. The summed E-state index contributed by atoms with van der Waals surface area (Å²) in [6, 6.07) is 0.143. The van der Waals surface area contributed by atoms with Crippen LogP contribution in [0, 0.1) is 0 Å². The van der Waals surface area contributed by atoms with Gasteiger partial charge >= 0.3 is 0 Å². The topological polar surface area (TPSA) is 80.0 Å². The summed E-state index contributed by atoms with van der Waals surface area (Å²) in [5, 5.41) is 19.2. The molecule has 112 valence electrons. The quantitative estimate of drug-likeness (QED) is 0.902. The first kappa shape index (κ1) is 14.2. The molecule has 1 saturated carbocycles. The van der Waals surface area contributed by atoms with Crippen LogP contribution in [-0.2, 0) is 7.05 Å². The van der Waals surface area contributed by atoms with Gasteiger partial charge in [0.1, 0.15) is 10.7 Å². The Morgan fingerprint density at radius 2 is 2.19 bits per heavy atom. The molecule has 21 heavy (non-hydrogen) atoms. The molecule has 0 spiro atoms. The second-order valence-electron chi connectivity index (χ2n) is 5.42. The van der Waals surface area contributed by atoms with Gasteiger partial charge in [-0.15, -0.1) is 11.3 Å². The van der Waals surface area contributed by atoms with Gasteiger partial charge < -0.3 is 10.4 Å². The lowest BCUT2D eigenvalue weighted by molar-refractivity contribution is 0.0864. The molecule has 7 heteroatoms. The molecule has 2 N–H and O–H groups in total. The molecule has 1 aliphatic rings. The summed E-state index contributed by atoms with van der Waals surface area (Å²) >= 11 is 1.44. The van der Waals surface area contributed by atoms with Crippen LogP contribution in [0.2, 0.25) is 0 Å². The molecule has 0 unspecified atom stereocenters. The molecule has 1 aliphatic carbocycles. The molecule has 1 amide bonds. The molecular formula is C14H18N4O2S. The number of thiazole rings is 1. The first-order valence-electron chi connectivity index (χ1n) is 7.05. The second kappa shape index (κ2) is 5.95. The van der Waals surface area contributed by atoms with Crippen molar-refractivity contribution < 1.29 is 9.90 Å². The van der Waals surface area contributed by atoms with Crippen molar-refractivity contribution in [3.63, 3.8) is 0 Å². The van der Waals surface area contributed by atoms with E-state index in [-0.39, 0.29) is 18.1 Å². The minimum atomic E-state index is -0.213. The van der Waals surface area contributed by atoms with Crippen LogP contribution in [0.1, 0.15) is 36.2 Å². The van der Waals surface area contributed by atoms with Crippen molar-refractivity contribution in [3.05, 3.63) is 23.5 Å². The highest BCUT2D eigenvalue weighted by molar-refractivity contribution is 7.13. The second-order valence-corrected chi connectivity index (χ2v) is 6.28. The Kier molecular flexibility index (Phi) is 4.03. The Hall–Kier alpha value is -1.73. The van der Waals surface area contributed by atoms with Crippen LogP contribution < -0.4 is 5.32 Å². The van der Waals surface area contributed by atoms with Crippen molar-refractivity contribution in [1.29, 1.82) is 0 Å². The number of amides is 1.